The summed E-state index contributed by atoms with van der Waals surface area (Å²) in [5, 5.41) is 2.95. The highest BCUT2D eigenvalue weighted by molar-refractivity contribution is 6.33. The van der Waals surface area contributed by atoms with Gasteiger partial charge in [-0.3, -0.25) is 14.7 Å². The molecule has 2 amide bonds. The highest BCUT2D eigenvalue weighted by Crippen LogP contribution is 2.27. The van der Waals surface area contributed by atoms with Crippen LogP contribution in [0.15, 0.2) is 60.8 Å². The van der Waals surface area contributed by atoms with E-state index in [0.29, 0.717) is 23.4 Å². The molecule has 0 spiro atoms. The van der Waals surface area contributed by atoms with Crippen LogP contribution in [0.5, 0.6) is 0 Å². The van der Waals surface area contributed by atoms with Crippen LogP contribution in [0.25, 0.3) is 0 Å². The molecule has 0 unspecified atom stereocenters. The number of nitrogens with one attached hydrogen (secondary N) is 1. The molecule has 0 saturated heterocycles. The van der Waals surface area contributed by atoms with Crippen LogP contribution in [0.4, 0.5) is 16.2 Å². The second-order valence-electron chi connectivity index (χ2n) is 8.48. The average Bonchev–Trinajstić information content (AvgIpc) is 2.75. The Morgan fingerprint density at radius 1 is 1.06 bits per heavy atom. The number of pyridine rings is 2. The van der Waals surface area contributed by atoms with E-state index in [1.165, 1.54) is 0 Å². The Morgan fingerprint density at radius 3 is 2.39 bits per heavy atom. The molecule has 0 aliphatic carbocycles. The standard InChI is InChI=1S/C25H27ClN4O3/c1-17-8-13-21(22(26)28-17)23(31)29-19-9-11-20(12-10-19)30(25(2,3)4)24(32)33-16-14-18-7-5-6-15-27-18/h5-13,15H,14,16H2,1-4H3,(H,29,31). The molecule has 2 heterocycles. The lowest BCUT2D eigenvalue weighted by atomic mass is 10.1. The van der Waals surface area contributed by atoms with Gasteiger partial charge in [0.25, 0.3) is 5.91 Å². The predicted octanol–water partition coefficient (Wildman–Crippen LogP) is 5.67. The minimum Gasteiger partial charge on any atom is -0.449 e. The number of halogens is 1. The number of amides is 2. The van der Waals surface area contributed by atoms with Gasteiger partial charge < -0.3 is 10.1 Å². The lowest BCUT2D eigenvalue weighted by Gasteiger charge is -2.34. The smallest absolute Gasteiger partial charge is 0.414 e. The van der Waals surface area contributed by atoms with Crippen molar-refractivity contribution in [2.24, 2.45) is 0 Å². The Kier molecular flexibility index (Phi) is 7.66. The van der Waals surface area contributed by atoms with Crippen LogP contribution in [0.2, 0.25) is 5.15 Å². The van der Waals surface area contributed by atoms with Crippen LogP contribution >= 0.6 is 11.6 Å². The van der Waals surface area contributed by atoms with Crippen molar-refractivity contribution >= 4 is 35.0 Å². The number of aromatic nitrogens is 2. The lowest BCUT2D eigenvalue weighted by Crippen LogP contribution is -2.46. The van der Waals surface area contributed by atoms with E-state index >= 15 is 0 Å². The quantitative estimate of drug-likeness (QED) is 0.473. The molecule has 1 N–H and O–H groups in total. The number of hydrogen-bond acceptors (Lipinski definition) is 5. The molecular formula is C25H27ClN4O3. The minimum atomic E-state index is -0.520. The zero-order valence-corrected chi connectivity index (χ0v) is 19.9. The summed E-state index contributed by atoms with van der Waals surface area (Å²) < 4.78 is 5.52. The summed E-state index contributed by atoms with van der Waals surface area (Å²) in [4.78, 5) is 35.4. The first-order valence-electron chi connectivity index (χ1n) is 10.6. The van der Waals surface area contributed by atoms with Crippen LogP contribution in [0.1, 0.15) is 42.5 Å². The zero-order chi connectivity index (χ0) is 24.0. The molecule has 0 radical (unpaired) electrons. The molecule has 8 heteroatoms. The van der Waals surface area contributed by atoms with Gasteiger partial charge in [-0.2, -0.15) is 0 Å². The molecular weight excluding hydrogens is 440 g/mol. The summed E-state index contributed by atoms with van der Waals surface area (Å²) in [7, 11) is 0. The maximum absolute atomic E-state index is 12.9. The Labute approximate surface area is 198 Å². The zero-order valence-electron chi connectivity index (χ0n) is 19.1. The molecule has 0 saturated carbocycles. The molecule has 7 nitrogen and oxygen atoms in total. The van der Waals surface area contributed by atoms with Crippen molar-refractivity contribution in [3.63, 3.8) is 0 Å². The monoisotopic (exact) mass is 466 g/mol. The second-order valence-corrected chi connectivity index (χ2v) is 8.84. The largest absolute Gasteiger partial charge is 0.449 e. The Bertz CT molecular complexity index is 1110. The van der Waals surface area contributed by atoms with Gasteiger partial charge in [0.2, 0.25) is 0 Å². The Balaban J connectivity index is 1.68. The predicted molar refractivity (Wildman–Crippen MR) is 130 cm³/mol. The summed E-state index contributed by atoms with van der Waals surface area (Å²) in [5.74, 6) is -0.359. The van der Waals surface area contributed by atoms with E-state index in [9.17, 15) is 9.59 Å². The molecule has 0 fully saturated rings. The third-order valence-electron chi connectivity index (χ3n) is 4.78. The van der Waals surface area contributed by atoms with Gasteiger partial charge >= 0.3 is 6.09 Å². The van der Waals surface area contributed by atoms with E-state index in [2.05, 4.69) is 15.3 Å². The summed E-state index contributed by atoms with van der Waals surface area (Å²) >= 11 is 6.09. The molecule has 172 valence electrons. The Hall–Kier alpha value is -3.45. The molecule has 0 atom stereocenters. The van der Waals surface area contributed by atoms with E-state index in [0.717, 1.165) is 11.4 Å². The van der Waals surface area contributed by atoms with E-state index < -0.39 is 11.6 Å². The third kappa shape index (κ3) is 6.52. The van der Waals surface area contributed by atoms with E-state index in [1.54, 1.807) is 54.4 Å². The van der Waals surface area contributed by atoms with Gasteiger partial charge in [-0.05, 0) is 76.2 Å². The molecule has 2 aromatic heterocycles. The van der Waals surface area contributed by atoms with Crippen molar-refractivity contribution in [3.05, 3.63) is 82.9 Å². The van der Waals surface area contributed by atoms with Crippen molar-refractivity contribution in [2.75, 3.05) is 16.8 Å². The highest BCUT2D eigenvalue weighted by Gasteiger charge is 2.29. The number of carbonyl (C=O) groups excluding carboxylic acids is 2. The number of carbonyl (C=O) groups is 2. The summed E-state index contributed by atoms with van der Waals surface area (Å²) in [6.07, 6.45) is 1.79. The first kappa shape index (κ1) is 24.2. The molecule has 3 aromatic rings. The highest BCUT2D eigenvalue weighted by atomic mass is 35.5. The van der Waals surface area contributed by atoms with Gasteiger partial charge in [0, 0.05) is 40.9 Å². The van der Waals surface area contributed by atoms with Gasteiger partial charge in [-0.1, -0.05) is 17.7 Å². The molecule has 0 aliphatic heterocycles. The molecule has 1 aromatic carbocycles. The summed E-state index contributed by atoms with van der Waals surface area (Å²) in [6.45, 7) is 7.80. The van der Waals surface area contributed by atoms with Gasteiger partial charge in [0.1, 0.15) is 5.15 Å². The number of ether oxygens (including phenoxy) is 1. The number of aryl methyl sites for hydroxylation is 1. The Morgan fingerprint density at radius 2 is 1.79 bits per heavy atom. The third-order valence-corrected chi connectivity index (χ3v) is 5.07. The van der Waals surface area contributed by atoms with Crippen molar-refractivity contribution in [3.8, 4) is 0 Å². The number of benzene rings is 1. The molecule has 0 bridgehead atoms. The van der Waals surface area contributed by atoms with Crippen molar-refractivity contribution < 1.29 is 14.3 Å². The number of anilines is 2. The van der Waals surface area contributed by atoms with Gasteiger partial charge in [0.05, 0.1) is 12.2 Å². The number of nitrogens with zero attached hydrogens (tertiary/aromatic N) is 3. The topological polar surface area (TPSA) is 84.4 Å². The first-order chi connectivity index (χ1) is 15.6. The molecule has 0 aliphatic rings. The van der Waals surface area contributed by atoms with Gasteiger partial charge in [-0.15, -0.1) is 0 Å². The van der Waals surface area contributed by atoms with E-state index in [4.69, 9.17) is 16.3 Å². The minimum absolute atomic E-state index is 0.150. The maximum Gasteiger partial charge on any atom is 0.414 e. The van der Waals surface area contributed by atoms with Gasteiger partial charge in [0.15, 0.2) is 0 Å². The van der Waals surface area contributed by atoms with Crippen molar-refractivity contribution in [1.82, 2.24) is 9.97 Å². The normalized spacial score (nSPS) is 11.1. The second kappa shape index (κ2) is 10.4. The van der Waals surface area contributed by atoms with Crippen LogP contribution in [-0.2, 0) is 11.2 Å². The first-order valence-corrected chi connectivity index (χ1v) is 10.9. The number of hydrogen-bond donors (Lipinski definition) is 1. The van der Waals surface area contributed by atoms with E-state index in [1.807, 2.05) is 39.0 Å². The fraction of sp³-hybridized carbons (Fsp3) is 0.280. The van der Waals surface area contributed by atoms with Crippen molar-refractivity contribution in [1.29, 1.82) is 0 Å². The summed E-state index contributed by atoms with van der Waals surface area (Å²) in [5.41, 5.74) is 2.58. The summed E-state index contributed by atoms with van der Waals surface area (Å²) in [6, 6.07) is 16.0. The molecule has 3 rings (SSSR count). The van der Waals surface area contributed by atoms with Gasteiger partial charge in [-0.25, -0.2) is 9.78 Å². The van der Waals surface area contributed by atoms with Crippen LogP contribution in [0.3, 0.4) is 0 Å². The lowest BCUT2D eigenvalue weighted by molar-refractivity contribution is 0.102. The fourth-order valence-electron chi connectivity index (χ4n) is 3.21. The molecule has 33 heavy (non-hydrogen) atoms. The average molecular weight is 467 g/mol. The van der Waals surface area contributed by atoms with Crippen LogP contribution in [-0.4, -0.2) is 34.1 Å². The van der Waals surface area contributed by atoms with Crippen molar-refractivity contribution in [2.45, 2.75) is 39.7 Å². The number of rotatable bonds is 6. The van der Waals surface area contributed by atoms with Crippen LogP contribution < -0.4 is 10.2 Å². The fourth-order valence-corrected chi connectivity index (χ4v) is 3.49. The van der Waals surface area contributed by atoms with Crippen LogP contribution in [0, 0.1) is 6.92 Å². The van der Waals surface area contributed by atoms with E-state index in [-0.39, 0.29) is 17.7 Å². The maximum atomic E-state index is 12.9. The SMILES string of the molecule is Cc1ccc(C(=O)Nc2ccc(N(C(=O)OCCc3ccccn3)C(C)(C)C)cc2)c(Cl)n1.